The maximum Gasteiger partial charge on any atom is 0.407 e. The van der Waals surface area contributed by atoms with Crippen LogP contribution in [0, 0.1) is 6.92 Å². The molecule has 8 nitrogen and oxygen atoms in total. The number of carbonyl (C=O) groups excluding carboxylic acids is 2. The Labute approximate surface area is 153 Å². The third kappa shape index (κ3) is 5.40. The van der Waals surface area contributed by atoms with Crippen molar-refractivity contribution in [1.29, 1.82) is 0 Å². The number of rotatable bonds is 2. The van der Waals surface area contributed by atoms with Crippen molar-refractivity contribution in [2.75, 3.05) is 13.1 Å². The van der Waals surface area contributed by atoms with Gasteiger partial charge in [-0.05, 0) is 45.7 Å². The van der Waals surface area contributed by atoms with Crippen LogP contribution in [0.25, 0.3) is 0 Å². The molecule has 0 spiro atoms. The summed E-state index contributed by atoms with van der Waals surface area (Å²) in [5.41, 5.74) is 0.330. The first kappa shape index (κ1) is 20.1. The molecule has 3 atom stereocenters. The number of nitrogens with zero attached hydrogens (tertiary/aromatic N) is 2. The number of aromatic nitrogens is 1. The molecule has 1 aromatic heterocycles. The van der Waals surface area contributed by atoms with E-state index in [1.807, 2.05) is 0 Å². The summed E-state index contributed by atoms with van der Waals surface area (Å²) in [6.07, 6.45) is -0.954. The fraction of sp³-hybridized carbons (Fsp3) is 0.611. The molecule has 8 heteroatoms. The minimum Gasteiger partial charge on any atom is -0.444 e. The van der Waals surface area contributed by atoms with Crippen LogP contribution in [0.3, 0.4) is 0 Å². The van der Waals surface area contributed by atoms with E-state index >= 15 is 0 Å². The van der Waals surface area contributed by atoms with E-state index in [0.717, 1.165) is 0 Å². The highest BCUT2D eigenvalue weighted by Gasteiger charge is 2.34. The number of nitrogens with one attached hydrogen (secondary N) is 1. The van der Waals surface area contributed by atoms with E-state index in [4.69, 9.17) is 4.74 Å². The van der Waals surface area contributed by atoms with Gasteiger partial charge in [-0.1, -0.05) is 6.07 Å². The molecule has 1 aliphatic rings. The second kappa shape index (κ2) is 8.01. The van der Waals surface area contributed by atoms with Gasteiger partial charge >= 0.3 is 6.09 Å². The first-order valence-corrected chi connectivity index (χ1v) is 8.63. The van der Waals surface area contributed by atoms with Gasteiger partial charge in [-0.25, -0.2) is 4.79 Å². The summed E-state index contributed by atoms with van der Waals surface area (Å²) in [6, 6.07) is 2.79. The monoisotopic (exact) mass is 365 g/mol. The number of aryl methyl sites for hydroxylation is 1. The van der Waals surface area contributed by atoms with Gasteiger partial charge in [0.15, 0.2) is 0 Å². The number of hydrogen-bond acceptors (Lipinski definition) is 6. The zero-order valence-electron chi connectivity index (χ0n) is 15.6. The van der Waals surface area contributed by atoms with Crippen molar-refractivity contribution in [3.05, 3.63) is 29.6 Å². The molecule has 1 aromatic rings. The van der Waals surface area contributed by atoms with Crippen LogP contribution < -0.4 is 5.32 Å². The Hall–Kier alpha value is -2.19. The molecule has 2 rings (SSSR count). The minimum absolute atomic E-state index is 0.0215. The Morgan fingerprint density at radius 2 is 2.00 bits per heavy atom. The summed E-state index contributed by atoms with van der Waals surface area (Å²) >= 11 is 0. The Kier molecular flexibility index (Phi) is 6.20. The molecular formula is C18H27N3O5. The molecule has 2 amide bonds. The number of aliphatic hydroxyl groups is 2. The van der Waals surface area contributed by atoms with Crippen LogP contribution in [0.1, 0.15) is 43.2 Å². The number of aliphatic hydroxyl groups excluding tert-OH is 2. The second-order valence-corrected chi connectivity index (χ2v) is 7.59. The van der Waals surface area contributed by atoms with E-state index in [0.29, 0.717) is 5.56 Å². The molecule has 2 heterocycles. The highest BCUT2D eigenvalue weighted by atomic mass is 16.6. The average molecular weight is 365 g/mol. The number of likely N-dealkylation sites (tertiary alicyclic amines) is 1. The molecule has 0 aliphatic carbocycles. The molecule has 1 saturated heterocycles. The molecule has 1 fully saturated rings. The van der Waals surface area contributed by atoms with E-state index < -0.39 is 29.9 Å². The van der Waals surface area contributed by atoms with Crippen molar-refractivity contribution in [3.63, 3.8) is 0 Å². The van der Waals surface area contributed by atoms with E-state index in [-0.39, 0.29) is 31.1 Å². The van der Waals surface area contributed by atoms with Crippen LogP contribution >= 0.6 is 0 Å². The molecule has 3 N–H and O–H groups in total. The summed E-state index contributed by atoms with van der Waals surface area (Å²) in [6.45, 7) is 7.02. The molecule has 0 unspecified atom stereocenters. The van der Waals surface area contributed by atoms with Gasteiger partial charge < -0.3 is 25.2 Å². The summed E-state index contributed by atoms with van der Waals surface area (Å²) in [5.74, 6) is -0.362. The lowest BCUT2D eigenvalue weighted by atomic mass is 10.1. The number of ether oxygens (including phenoxy) is 1. The van der Waals surface area contributed by atoms with E-state index in [1.165, 1.54) is 11.1 Å². The normalized spacial score (nSPS) is 23.9. The van der Waals surface area contributed by atoms with Crippen LogP contribution in [0.4, 0.5) is 4.79 Å². The van der Waals surface area contributed by atoms with Crippen molar-refractivity contribution in [3.8, 4) is 0 Å². The average Bonchev–Trinajstić information content (AvgIpc) is 2.64. The maximum absolute atomic E-state index is 12.7. The summed E-state index contributed by atoms with van der Waals surface area (Å²) in [4.78, 5) is 30.1. The van der Waals surface area contributed by atoms with Gasteiger partial charge in [-0.3, -0.25) is 9.78 Å². The quantitative estimate of drug-likeness (QED) is 0.716. The van der Waals surface area contributed by atoms with Gasteiger partial charge in [0.2, 0.25) is 0 Å². The summed E-state index contributed by atoms with van der Waals surface area (Å²) < 4.78 is 5.19. The van der Waals surface area contributed by atoms with Crippen LogP contribution in [0.5, 0.6) is 0 Å². The molecule has 0 radical (unpaired) electrons. The molecular weight excluding hydrogens is 338 g/mol. The van der Waals surface area contributed by atoms with Crippen LogP contribution in [-0.4, -0.2) is 69.0 Å². The SMILES string of the molecule is Cc1cccnc1C(=O)N1C[C@H](O)C[C@@H](NC(=O)OC(C)(C)C)[C@H](O)C1. The molecule has 0 saturated carbocycles. The lowest BCUT2D eigenvalue weighted by Crippen LogP contribution is -2.48. The molecule has 0 bridgehead atoms. The van der Waals surface area contributed by atoms with Crippen molar-refractivity contribution >= 4 is 12.0 Å². The Morgan fingerprint density at radius 3 is 2.62 bits per heavy atom. The third-order valence-electron chi connectivity index (χ3n) is 4.03. The van der Waals surface area contributed by atoms with Gasteiger partial charge in [-0.2, -0.15) is 0 Å². The first-order valence-electron chi connectivity index (χ1n) is 8.63. The highest BCUT2D eigenvalue weighted by Crippen LogP contribution is 2.17. The fourth-order valence-corrected chi connectivity index (χ4v) is 2.85. The van der Waals surface area contributed by atoms with Crippen molar-refractivity contribution in [1.82, 2.24) is 15.2 Å². The van der Waals surface area contributed by atoms with Crippen LogP contribution in [0.15, 0.2) is 18.3 Å². The van der Waals surface area contributed by atoms with Crippen LogP contribution in [-0.2, 0) is 4.74 Å². The number of amides is 2. The van der Waals surface area contributed by atoms with Crippen molar-refractivity contribution in [2.45, 2.75) is 58.0 Å². The maximum atomic E-state index is 12.7. The topological polar surface area (TPSA) is 112 Å². The predicted molar refractivity (Wildman–Crippen MR) is 94.7 cm³/mol. The lowest BCUT2D eigenvalue weighted by Gasteiger charge is -2.26. The van der Waals surface area contributed by atoms with Gasteiger partial charge in [0.25, 0.3) is 5.91 Å². The van der Waals surface area contributed by atoms with E-state index in [9.17, 15) is 19.8 Å². The van der Waals surface area contributed by atoms with Gasteiger partial charge in [0.05, 0.1) is 18.2 Å². The highest BCUT2D eigenvalue weighted by molar-refractivity contribution is 5.93. The number of β-amino-alcohol motifs (C(OH)–C–C–N with tert-alkyl or cyclic N) is 2. The predicted octanol–water partition coefficient (Wildman–Crippen LogP) is 0.851. The number of carbonyl (C=O) groups is 2. The molecule has 144 valence electrons. The lowest BCUT2D eigenvalue weighted by molar-refractivity contribution is 0.0382. The zero-order valence-corrected chi connectivity index (χ0v) is 15.6. The second-order valence-electron chi connectivity index (χ2n) is 7.59. The summed E-state index contributed by atoms with van der Waals surface area (Å²) in [7, 11) is 0. The van der Waals surface area contributed by atoms with Crippen molar-refractivity contribution in [2.24, 2.45) is 0 Å². The number of pyridine rings is 1. The summed E-state index contributed by atoms with van der Waals surface area (Å²) in [5, 5.41) is 23.3. The van der Waals surface area contributed by atoms with E-state index in [1.54, 1.807) is 39.8 Å². The van der Waals surface area contributed by atoms with Gasteiger partial charge in [0.1, 0.15) is 11.3 Å². The number of alkyl carbamates (subject to hydrolysis) is 1. The standard InChI is InChI=1S/C18H27N3O5/c1-11-6-5-7-19-15(11)16(24)21-9-12(22)8-13(14(23)10-21)20-17(25)26-18(2,3)4/h5-7,12-14,22-23H,8-10H2,1-4H3,(H,20,25)/t12-,13-,14-/m1/s1. The molecule has 1 aliphatic heterocycles. The first-order chi connectivity index (χ1) is 12.1. The largest absolute Gasteiger partial charge is 0.444 e. The van der Waals surface area contributed by atoms with Gasteiger partial charge in [-0.15, -0.1) is 0 Å². The number of hydrogen-bond donors (Lipinski definition) is 3. The minimum atomic E-state index is -1.03. The smallest absolute Gasteiger partial charge is 0.407 e. The van der Waals surface area contributed by atoms with Gasteiger partial charge in [0, 0.05) is 19.3 Å². The Bertz CT molecular complexity index is 658. The Balaban J connectivity index is 2.08. The fourth-order valence-electron chi connectivity index (χ4n) is 2.85. The third-order valence-corrected chi connectivity index (χ3v) is 4.03. The van der Waals surface area contributed by atoms with E-state index in [2.05, 4.69) is 10.3 Å². The zero-order chi connectivity index (χ0) is 19.5. The van der Waals surface area contributed by atoms with Crippen molar-refractivity contribution < 1.29 is 24.5 Å². The molecule has 0 aromatic carbocycles. The van der Waals surface area contributed by atoms with Crippen LogP contribution in [0.2, 0.25) is 0 Å². The Morgan fingerprint density at radius 1 is 1.31 bits per heavy atom. The molecule has 26 heavy (non-hydrogen) atoms.